The Bertz CT molecular complexity index is 853. The highest BCUT2D eigenvalue weighted by atomic mass is 35.5. The summed E-state index contributed by atoms with van der Waals surface area (Å²) in [5, 5.41) is 6.23. The molecule has 154 valence electrons. The van der Waals surface area contributed by atoms with E-state index in [4.69, 9.17) is 11.6 Å². The van der Waals surface area contributed by atoms with Gasteiger partial charge in [0.1, 0.15) is 5.82 Å². The average molecular weight is 418 g/mol. The molecule has 0 radical (unpaired) electrons. The summed E-state index contributed by atoms with van der Waals surface area (Å²) >= 11 is 6.06. The van der Waals surface area contributed by atoms with E-state index in [1.807, 2.05) is 17.0 Å². The number of anilines is 1. The molecular formula is C22H25ClFN3O2. The first-order chi connectivity index (χ1) is 14.0. The summed E-state index contributed by atoms with van der Waals surface area (Å²) in [5.41, 5.74) is 1.20. The molecule has 1 aliphatic rings. The molecule has 1 aliphatic heterocycles. The fraction of sp³-hybridized carbons (Fsp3) is 0.364. The van der Waals surface area contributed by atoms with Gasteiger partial charge in [0.2, 0.25) is 11.8 Å². The highest BCUT2D eigenvalue weighted by Crippen LogP contribution is 2.21. The summed E-state index contributed by atoms with van der Waals surface area (Å²) in [7, 11) is 0. The lowest BCUT2D eigenvalue weighted by Gasteiger charge is -2.30. The Morgan fingerprint density at radius 2 is 1.76 bits per heavy atom. The fourth-order valence-corrected chi connectivity index (χ4v) is 3.66. The molecule has 2 aromatic carbocycles. The van der Waals surface area contributed by atoms with Crippen molar-refractivity contribution in [2.45, 2.75) is 19.3 Å². The minimum absolute atomic E-state index is 0.00140. The molecule has 0 spiro atoms. The number of piperidine rings is 1. The lowest BCUT2D eigenvalue weighted by molar-refractivity contribution is -0.126. The number of amides is 2. The van der Waals surface area contributed by atoms with Crippen molar-refractivity contribution in [1.29, 1.82) is 0 Å². The van der Waals surface area contributed by atoms with Gasteiger partial charge < -0.3 is 10.6 Å². The van der Waals surface area contributed by atoms with Crippen molar-refractivity contribution >= 4 is 29.1 Å². The van der Waals surface area contributed by atoms with Crippen LogP contribution < -0.4 is 10.6 Å². The number of hydrogen-bond acceptors (Lipinski definition) is 3. The van der Waals surface area contributed by atoms with Gasteiger partial charge in [0.25, 0.3) is 0 Å². The summed E-state index contributed by atoms with van der Waals surface area (Å²) < 4.78 is 13.6. The number of para-hydroxylation sites is 1. The fourth-order valence-electron chi connectivity index (χ4n) is 3.47. The first-order valence-electron chi connectivity index (χ1n) is 9.81. The third-order valence-corrected chi connectivity index (χ3v) is 5.45. The standard InChI is InChI=1S/C22H25ClFN3O2/c23-18-6-2-4-8-20(18)26-21(28)15-27-13-10-17(11-14-27)22(29)25-12-9-16-5-1-3-7-19(16)24/h1-8,17H,9-15H2,(H,25,29)(H,26,28). The van der Waals surface area contributed by atoms with Crippen LogP contribution in [0.4, 0.5) is 10.1 Å². The molecule has 0 bridgehead atoms. The van der Waals surface area contributed by atoms with Crippen molar-refractivity contribution < 1.29 is 14.0 Å². The molecule has 1 heterocycles. The molecule has 3 rings (SSSR count). The van der Waals surface area contributed by atoms with Gasteiger partial charge in [0.05, 0.1) is 17.3 Å². The molecule has 1 saturated heterocycles. The van der Waals surface area contributed by atoms with Crippen molar-refractivity contribution in [3.63, 3.8) is 0 Å². The summed E-state index contributed by atoms with van der Waals surface area (Å²) in [5.74, 6) is -0.434. The van der Waals surface area contributed by atoms with Crippen LogP contribution in [0.3, 0.4) is 0 Å². The first kappa shape index (κ1) is 21.3. The number of rotatable bonds is 7. The number of halogens is 2. The third kappa shape index (κ3) is 6.27. The molecular weight excluding hydrogens is 393 g/mol. The number of benzene rings is 2. The molecule has 1 fully saturated rings. The van der Waals surface area contributed by atoms with Crippen LogP contribution in [-0.4, -0.2) is 42.9 Å². The Morgan fingerprint density at radius 1 is 1.07 bits per heavy atom. The quantitative estimate of drug-likeness (QED) is 0.725. The Labute approximate surface area is 175 Å². The molecule has 2 N–H and O–H groups in total. The van der Waals surface area contributed by atoms with E-state index in [0.717, 1.165) is 0 Å². The summed E-state index contributed by atoms with van der Waals surface area (Å²) in [6.45, 7) is 2.05. The van der Waals surface area contributed by atoms with E-state index in [2.05, 4.69) is 10.6 Å². The van der Waals surface area contributed by atoms with Gasteiger partial charge in [-0.2, -0.15) is 0 Å². The molecule has 0 atom stereocenters. The smallest absolute Gasteiger partial charge is 0.238 e. The van der Waals surface area contributed by atoms with E-state index >= 15 is 0 Å². The number of hydrogen-bond donors (Lipinski definition) is 2. The third-order valence-electron chi connectivity index (χ3n) is 5.12. The van der Waals surface area contributed by atoms with E-state index < -0.39 is 0 Å². The minimum Gasteiger partial charge on any atom is -0.356 e. The van der Waals surface area contributed by atoms with Crippen LogP contribution in [0.15, 0.2) is 48.5 Å². The SMILES string of the molecule is O=C(CN1CCC(C(=O)NCCc2ccccc2F)CC1)Nc1ccccc1Cl. The molecule has 0 saturated carbocycles. The highest BCUT2D eigenvalue weighted by Gasteiger charge is 2.25. The van der Waals surface area contributed by atoms with E-state index in [1.54, 1.807) is 30.3 Å². The zero-order chi connectivity index (χ0) is 20.6. The maximum Gasteiger partial charge on any atom is 0.238 e. The van der Waals surface area contributed by atoms with Gasteiger partial charge in [0.15, 0.2) is 0 Å². The maximum absolute atomic E-state index is 13.6. The predicted molar refractivity (Wildman–Crippen MR) is 112 cm³/mol. The molecule has 2 aromatic rings. The molecule has 5 nitrogen and oxygen atoms in total. The molecule has 29 heavy (non-hydrogen) atoms. The minimum atomic E-state index is -0.245. The van der Waals surface area contributed by atoms with Gasteiger partial charge in [-0.1, -0.05) is 41.9 Å². The van der Waals surface area contributed by atoms with Crippen LogP contribution >= 0.6 is 11.6 Å². The summed E-state index contributed by atoms with van der Waals surface area (Å²) in [6, 6.07) is 13.7. The Morgan fingerprint density at radius 3 is 2.48 bits per heavy atom. The maximum atomic E-state index is 13.6. The largest absolute Gasteiger partial charge is 0.356 e. The van der Waals surface area contributed by atoms with Gasteiger partial charge in [-0.15, -0.1) is 0 Å². The summed E-state index contributed by atoms with van der Waals surface area (Å²) in [6.07, 6.45) is 1.87. The number of carbonyl (C=O) groups is 2. The lowest BCUT2D eigenvalue weighted by atomic mass is 9.96. The van der Waals surface area contributed by atoms with E-state index in [1.165, 1.54) is 6.07 Å². The zero-order valence-electron chi connectivity index (χ0n) is 16.2. The second-order valence-corrected chi connectivity index (χ2v) is 7.62. The lowest BCUT2D eigenvalue weighted by Crippen LogP contribution is -2.43. The van der Waals surface area contributed by atoms with Crippen LogP contribution in [0.1, 0.15) is 18.4 Å². The zero-order valence-corrected chi connectivity index (χ0v) is 16.9. The second kappa shape index (κ2) is 10.4. The van der Waals surface area contributed by atoms with Crippen molar-refractivity contribution in [2.24, 2.45) is 5.92 Å². The van der Waals surface area contributed by atoms with Gasteiger partial charge in [-0.25, -0.2) is 4.39 Å². The van der Waals surface area contributed by atoms with Gasteiger partial charge in [-0.3, -0.25) is 14.5 Å². The van der Waals surface area contributed by atoms with Crippen molar-refractivity contribution in [1.82, 2.24) is 10.2 Å². The van der Waals surface area contributed by atoms with Gasteiger partial charge in [-0.05, 0) is 56.1 Å². The summed E-state index contributed by atoms with van der Waals surface area (Å²) in [4.78, 5) is 26.6. The second-order valence-electron chi connectivity index (χ2n) is 7.21. The van der Waals surface area contributed by atoms with Crippen molar-refractivity contribution in [3.05, 3.63) is 64.9 Å². The number of carbonyl (C=O) groups excluding carboxylic acids is 2. The molecule has 0 aromatic heterocycles. The normalized spacial score (nSPS) is 15.1. The molecule has 7 heteroatoms. The van der Waals surface area contributed by atoms with E-state index in [0.29, 0.717) is 55.2 Å². The number of nitrogens with one attached hydrogen (secondary N) is 2. The Balaban J connectivity index is 1.37. The predicted octanol–water partition coefficient (Wildman–Crippen LogP) is 3.49. The van der Waals surface area contributed by atoms with Crippen LogP contribution in [0, 0.1) is 11.7 Å². The van der Waals surface area contributed by atoms with Gasteiger partial charge >= 0.3 is 0 Å². The number of likely N-dealkylation sites (tertiary alicyclic amines) is 1. The van der Waals surface area contributed by atoms with Gasteiger partial charge in [0, 0.05) is 12.5 Å². The Kier molecular flexibility index (Phi) is 7.61. The number of nitrogens with zero attached hydrogens (tertiary/aromatic N) is 1. The topological polar surface area (TPSA) is 61.4 Å². The highest BCUT2D eigenvalue weighted by molar-refractivity contribution is 6.33. The van der Waals surface area contributed by atoms with Crippen LogP contribution in [-0.2, 0) is 16.0 Å². The van der Waals surface area contributed by atoms with Crippen LogP contribution in [0.25, 0.3) is 0 Å². The Hall–Kier alpha value is -2.44. The van der Waals surface area contributed by atoms with Crippen molar-refractivity contribution in [3.8, 4) is 0 Å². The molecule has 0 unspecified atom stereocenters. The van der Waals surface area contributed by atoms with Crippen LogP contribution in [0.2, 0.25) is 5.02 Å². The van der Waals surface area contributed by atoms with E-state index in [-0.39, 0.29) is 30.1 Å². The molecule has 0 aliphatic carbocycles. The average Bonchev–Trinajstić information content (AvgIpc) is 2.71. The van der Waals surface area contributed by atoms with Crippen LogP contribution in [0.5, 0.6) is 0 Å². The van der Waals surface area contributed by atoms with E-state index in [9.17, 15) is 14.0 Å². The first-order valence-corrected chi connectivity index (χ1v) is 10.2. The monoisotopic (exact) mass is 417 g/mol. The van der Waals surface area contributed by atoms with Crippen molar-refractivity contribution in [2.75, 3.05) is 31.5 Å². The molecule has 2 amide bonds.